The van der Waals surface area contributed by atoms with E-state index in [4.69, 9.17) is 0 Å². The van der Waals surface area contributed by atoms with Crippen molar-refractivity contribution in [3.8, 4) is 0 Å². The molecular formula is C11H18O2. The van der Waals surface area contributed by atoms with Gasteiger partial charge in [-0.1, -0.05) is 13.3 Å². The van der Waals surface area contributed by atoms with Crippen molar-refractivity contribution in [2.45, 2.75) is 51.6 Å². The number of hydrogen-bond acceptors (Lipinski definition) is 2. The van der Waals surface area contributed by atoms with E-state index in [1.165, 1.54) is 6.42 Å². The van der Waals surface area contributed by atoms with Crippen LogP contribution in [0.4, 0.5) is 0 Å². The minimum atomic E-state index is -0.219. The van der Waals surface area contributed by atoms with Gasteiger partial charge in [0.1, 0.15) is 5.78 Å². The van der Waals surface area contributed by atoms with E-state index in [2.05, 4.69) is 6.92 Å². The van der Waals surface area contributed by atoms with E-state index in [0.717, 1.165) is 25.7 Å². The summed E-state index contributed by atoms with van der Waals surface area (Å²) in [5.41, 5.74) is 0.256. The molecule has 13 heavy (non-hydrogen) atoms. The van der Waals surface area contributed by atoms with Crippen LogP contribution in [0, 0.1) is 11.3 Å². The van der Waals surface area contributed by atoms with Crippen LogP contribution in [0.2, 0.25) is 0 Å². The molecule has 1 N–H and O–H groups in total. The van der Waals surface area contributed by atoms with Crippen LogP contribution in [0.25, 0.3) is 0 Å². The zero-order chi connectivity index (χ0) is 9.47. The zero-order valence-corrected chi connectivity index (χ0v) is 8.25. The normalized spacial score (nSPS) is 45.8. The number of fused-ring (bicyclic) bond motifs is 1. The quantitative estimate of drug-likeness (QED) is 0.621. The second-order valence-electron chi connectivity index (χ2n) is 4.96. The molecule has 2 aliphatic rings. The Bertz CT molecular complexity index is 224. The first kappa shape index (κ1) is 9.20. The predicted molar refractivity (Wildman–Crippen MR) is 50.3 cm³/mol. The highest BCUT2D eigenvalue weighted by atomic mass is 16.3. The highest BCUT2D eigenvalue weighted by molar-refractivity contribution is 5.79. The smallest absolute Gasteiger partial charge is 0.133 e. The van der Waals surface area contributed by atoms with Gasteiger partial charge < -0.3 is 5.11 Å². The van der Waals surface area contributed by atoms with Crippen LogP contribution in [0.3, 0.4) is 0 Å². The molecular weight excluding hydrogens is 164 g/mol. The van der Waals surface area contributed by atoms with Gasteiger partial charge >= 0.3 is 0 Å². The third-order valence-electron chi connectivity index (χ3n) is 4.03. The molecule has 2 heteroatoms. The first-order valence-electron chi connectivity index (χ1n) is 5.32. The van der Waals surface area contributed by atoms with Crippen molar-refractivity contribution in [3.05, 3.63) is 0 Å². The summed E-state index contributed by atoms with van der Waals surface area (Å²) in [6.07, 6.45) is 5.35. The number of aliphatic hydroxyl groups is 1. The standard InChI is InChI=1S/C11H18O2/c1-11-5-2-3-10(13)9(11)7-8(12)4-6-11/h9-10,13H,2-7H2,1H3/t9-,10+,11+/m1/s1. The van der Waals surface area contributed by atoms with Crippen LogP contribution < -0.4 is 0 Å². The first-order chi connectivity index (χ1) is 6.12. The molecule has 2 fully saturated rings. The molecule has 0 aromatic rings. The fraction of sp³-hybridized carbons (Fsp3) is 0.909. The molecule has 2 saturated carbocycles. The van der Waals surface area contributed by atoms with Crippen molar-refractivity contribution in [1.29, 1.82) is 0 Å². The number of ketones is 1. The van der Waals surface area contributed by atoms with Crippen LogP contribution in [-0.2, 0) is 4.79 Å². The molecule has 0 amide bonds. The van der Waals surface area contributed by atoms with Gasteiger partial charge in [-0.05, 0) is 30.6 Å². The molecule has 0 spiro atoms. The van der Waals surface area contributed by atoms with Crippen molar-refractivity contribution in [2.75, 3.05) is 0 Å². The minimum Gasteiger partial charge on any atom is -0.393 e. The number of carbonyl (C=O) groups is 1. The molecule has 0 unspecified atom stereocenters. The van der Waals surface area contributed by atoms with Crippen molar-refractivity contribution < 1.29 is 9.90 Å². The average molecular weight is 182 g/mol. The van der Waals surface area contributed by atoms with Gasteiger partial charge in [-0.15, -0.1) is 0 Å². The fourth-order valence-corrected chi connectivity index (χ4v) is 3.03. The predicted octanol–water partition coefficient (Wildman–Crippen LogP) is 1.91. The summed E-state index contributed by atoms with van der Waals surface area (Å²) < 4.78 is 0. The van der Waals surface area contributed by atoms with Gasteiger partial charge in [-0.3, -0.25) is 4.79 Å². The number of hydrogen-bond donors (Lipinski definition) is 1. The Kier molecular flexibility index (Phi) is 2.18. The van der Waals surface area contributed by atoms with Crippen LogP contribution in [-0.4, -0.2) is 17.0 Å². The number of Topliss-reactive ketones (excluding diaryl/α,β-unsaturated/α-hetero) is 1. The van der Waals surface area contributed by atoms with Crippen LogP contribution in [0.1, 0.15) is 45.4 Å². The Balaban J connectivity index is 2.17. The van der Waals surface area contributed by atoms with Crippen molar-refractivity contribution >= 4 is 5.78 Å². The molecule has 74 valence electrons. The van der Waals surface area contributed by atoms with Crippen LogP contribution >= 0.6 is 0 Å². The largest absolute Gasteiger partial charge is 0.393 e. The molecule has 0 bridgehead atoms. The summed E-state index contributed by atoms with van der Waals surface area (Å²) in [6.45, 7) is 2.24. The zero-order valence-electron chi connectivity index (χ0n) is 8.25. The topological polar surface area (TPSA) is 37.3 Å². The molecule has 0 saturated heterocycles. The van der Waals surface area contributed by atoms with E-state index in [1.807, 2.05) is 0 Å². The average Bonchev–Trinajstić information content (AvgIpc) is 2.08. The lowest BCUT2D eigenvalue weighted by Crippen LogP contribution is -2.44. The van der Waals surface area contributed by atoms with E-state index >= 15 is 0 Å². The van der Waals surface area contributed by atoms with Gasteiger partial charge in [0.25, 0.3) is 0 Å². The Labute approximate surface area is 79.3 Å². The summed E-state index contributed by atoms with van der Waals surface area (Å²) >= 11 is 0. The third-order valence-corrected chi connectivity index (χ3v) is 4.03. The van der Waals surface area contributed by atoms with Crippen molar-refractivity contribution in [3.63, 3.8) is 0 Å². The first-order valence-corrected chi connectivity index (χ1v) is 5.32. The molecule has 0 aromatic heterocycles. The van der Waals surface area contributed by atoms with Gasteiger partial charge in [0.2, 0.25) is 0 Å². The molecule has 3 atom stereocenters. The summed E-state index contributed by atoms with van der Waals surface area (Å²) in [5.74, 6) is 0.603. The molecule has 2 aliphatic carbocycles. The lowest BCUT2D eigenvalue weighted by molar-refractivity contribution is -0.131. The van der Waals surface area contributed by atoms with Crippen molar-refractivity contribution in [2.24, 2.45) is 11.3 Å². The maximum absolute atomic E-state index is 11.3. The maximum Gasteiger partial charge on any atom is 0.133 e. The van der Waals surface area contributed by atoms with E-state index < -0.39 is 0 Å². The molecule has 0 aliphatic heterocycles. The maximum atomic E-state index is 11.3. The van der Waals surface area contributed by atoms with E-state index in [-0.39, 0.29) is 17.4 Å². The Morgan fingerprint density at radius 3 is 3.00 bits per heavy atom. The Morgan fingerprint density at radius 1 is 1.46 bits per heavy atom. The lowest BCUT2D eigenvalue weighted by Gasteiger charge is -2.47. The number of rotatable bonds is 0. The molecule has 2 rings (SSSR count). The number of aliphatic hydroxyl groups excluding tert-OH is 1. The molecule has 0 heterocycles. The van der Waals surface area contributed by atoms with Crippen LogP contribution in [0.5, 0.6) is 0 Å². The van der Waals surface area contributed by atoms with Gasteiger partial charge in [-0.25, -0.2) is 0 Å². The highest BCUT2D eigenvalue weighted by Gasteiger charge is 2.44. The van der Waals surface area contributed by atoms with Gasteiger partial charge in [-0.2, -0.15) is 0 Å². The molecule has 2 nitrogen and oxygen atoms in total. The summed E-state index contributed by atoms with van der Waals surface area (Å²) in [5, 5.41) is 9.84. The fourth-order valence-electron chi connectivity index (χ4n) is 3.03. The monoisotopic (exact) mass is 182 g/mol. The van der Waals surface area contributed by atoms with E-state index in [1.54, 1.807) is 0 Å². The third kappa shape index (κ3) is 1.52. The Morgan fingerprint density at radius 2 is 2.23 bits per heavy atom. The van der Waals surface area contributed by atoms with Gasteiger partial charge in [0.15, 0.2) is 0 Å². The molecule has 0 aromatic carbocycles. The Hall–Kier alpha value is -0.370. The van der Waals surface area contributed by atoms with Crippen LogP contribution in [0.15, 0.2) is 0 Å². The van der Waals surface area contributed by atoms with E-state index in [0.29, 0.717) is 12.2 Å². The van der Waals surface area contributed by atoms with E-state index in [9.17, 15) is 9.90 Å². The summed E-state index contributed by atoms with van der Waals surface area (Å²) in [6, 6.07) is 0. The SMILES string of the molecule is C[C@@]12CCC[C@H](O)[C@H]1CC(=O)CC2. The van der Waals surface area contributed by atoms with Gasteiger partial charge in [0.05, 0.1) is 6.10 Å². The molecule has 0 radical (unpaired) electrons. The highest BCUT2D eigenvalue weighted by Crippen LogP contribution is 2.49. The second-order valence-corrected chi connectivity index (χ2v) is 4.96. The van der Waals surface area contributed by atoms with Crippen molar-refractivity contribution in [1.82, 2.24) is 0 Å². The van der Waals surface area contributed by atoms with Gasteiger partial charge in [0, 0.05) is 12.8 Å². The minimum absolute atomic E-state index is 0.219. The second kappa shape index (κ2) is 3.09. The summed E-state index contributed by atoms with van der Waals surface area (Å²) in [7, 11) is 0. The lowest BCUT2D eigenvalue weighted by atomic mass is 9.59. The summed E-state index contributed by atoms with van der Waals surface area (Å²) in [4.78, 5) is 11.3. The number of carbonyl (C=O) groups excluding carboxylic acids is 1.